The van der Waals surface area contributed by atoms with Crippen LogP contribution in [0.1, 0.15) is 51.3 Å². The number of nitrogens with two attached hydrogens (primary N) is 1. The van der Waals surface area contributed by atoms with Crippen LogP contribution in [0.15, 0.2) is 47.4 Å². The molecule has 29 heavy (non-hydrogen) atoms. The summed E-state index contributed by atoms with van der Waals surface area (Å²) in [6.45, 7) is 9.56. The van der Waals surface area contributed by atoms with E-state index in [2.05, 4.69) is 60.9 Å². The van der Waals surface area contributed by atoms with E-state index in [1.54, 1.807) is 0 Å². The molecule has 0 saturated carbocycles. The lowest BCUT2D eigenvalue weighted by molar-refractivity contribution is 0.0713. The molecule has 2 aromatic carbocycles. The number of hydrogen-bond donors (Lipinski definition) is 1. The molecule has 0 spiro atoms. The predicted octanol–water partition coefficient (Wildman–Crippen LogP) is 5.23. The van der Waals surface area contributed by atoms with Crippen molar-refractivity contribution in [1.29, 1.82) is 0 Å². The fraction of sp³-hybridized carbons (Fsp3) is 0.458. The second-order valence-electron chi connectivity index (χ2n) is 9.50. The first-order valence-electron chi connectivity index (χ1n) is 10.7. The van der Waals surface area contributed by atoms with Crippen LogP contribution in [-0.4, -0.2) is 37.7 Å². The Kier molecular flexibility index (Phi) is 5.91. The molecule has 0 aliphatic carbocycles. The van der Waals surface area contributed by atoms with Gasteiger partial charge in [-0.25, -0.2) is 0 Å². The van der Waals surface area contributed by atoms with Gasteiger partial charge in [-0.05, 0) is 59.2 Å². The lowest BCUT2D eigenvalue weighted by Crippen LogP contribution is -2.38. The molecule has 1 fully saturated rings. The van der Waals surface area contributed by atoms with E-state index in [0.717, 1.165) is 31.5 Å². The molecule has 0 radical (unpaired) electrons. The second kappa shape index (κ2) is 8.29. The quantitative estimate of drug-likeness (QED) is 0.684. The van der Waals surface area contributed by atoms with E-state index in [9.17, 15) is 4.79 Å². The summed E-state index contributed by atoms with van der Waals surface area (Å²) in [7, 11) is -1.28. The van der Waals surface area contributed by atoms with Crippen LogP contribution in [0.5, 0.6) is 0 Å². The molecule has 2 aliphatic heterocycles. The third-order valence-corrected chi connectivity index (χ3v) is 10.6. The van der Waals surface area contributed by atoms with Crippen molar-refractivity contribution in [3.05, 3.63) is 64.7 Å². The van der Waals surface area contributed by atoms with Crippen LogP contribution in [0.25, 0.3) is 0 Å². The Labute approximate surface area is 180 Å². The zero-order valence-corrected chi connectivity index (χ0v) is 19.6. The molecular formula is C24H32N2OSSi. The molecule has 2 heterocycles. The SMILES string of the molecule is C[Si](C)(C)C1CSc2ccc(C(=O)N3CCC(c4cccc(CN)c4)CC3)cc21. The van der Waals surface area contributed by atoms with E-state index in [-0.39, 0.29) is 5.91 Å². The van der Waals surface area contributed by atoms with E-state index in [4.69, 9.17) is 5.73 Å². The summed E-state index contributed by atoms with van der Waals surface area (Å²) in [5, 5.41) is 0. The molecule has 5 heteroatoms. The van der Waals surface area contributed by atoms with Crippen molar-refractivity contribution in [2.75, 3.05) is 18.8 Å². The number of likely N-dealkylation sites (tertiary alicyclic amines) is 1. The van der Waals surface area contributed by atoms with Gasteiger partial charge in [-0.2, -0.15) is 0 Å². The molecule has 1 saturated heterocycles. The van der Waals surface area contributed by atoms with Crippen molar-refractivity contribution in [3.8, 4) is 0 Å². The summed E-state index contributed by atoms with van der Waals surface area (Å²) in [4.78, 5) is 16.6. The van der Waals surface area contributed by atoms with E-state index >= 15 is 0 Å². The monoisotopic (exact) mass is 424 g/mol. The second-order valence-corrected chi connectivity index (χ2v) is 16.0. The number of fused-ring (bicyclic) bond motifs is 1. The number of thioether (sulfide) groups is 1. The molecule has 2 N–H and O–H groups in total. The molecule has 0 bridgehead atoms. The summed E-state index contributed by atoms with van der Waals surface area (Å²) < 4.78 is 0. The van der Waals surface area contributed by atoms with Crippen molar-refractivity contribution in [3.63, 3.8) is 0 Å². The number of benzene rings is 2. The first-order valence-corrected chi connectivity index (χ1v) is 15.3. The van der Waals surface area contributed by atoms with Crippen LogP contribution < -0.4 is 5.73 Å². The van der Waals surface area contributed by atoms with Crippen LogP contribution in [0.4, 0.5) is 0 Å². The predicted molar refractivity (Wildman–Crippen MR) is 125 cm³/mol. The van der Waals surface area contributed by atoms with E-state index < -0.39 is 8.07 Å². The Balaban J connectivity index is 1.45. The van der Waals surface area contributed by atoms with Crippen molar-refractivity contribution in [1.82, 2.24) is 4.90 Å². The lowest BCUT2D eigenvalue weighted by atomic mass is 9.88. The van der Waals surface area contributed by atoms with Gasteiger partial charge in [0.15, 0.2) is 0 Å². The molecule has 2 aliphatic rings. The van der Waals surface area contributed by atoms with Crippen LogP contribution in [0.3, 0.4) is 0 Å². The Bertz CT molecular complexity index is 900. The Morgan fingerprint density at radius 2 is 1.90 bits per heavy atom. The zero-order valence-electron chi connectivity index (χ0n) is 17.8. The van der Waals surface area contributed by atoms with Gasteiger partial charge in [0.05, 0.1) is 8.07 Å². The number of carbonyl (C=O) groups is 1. The topological polar surface area (TPSA) is 46.3 Å². The van der Waals surface area contributed by atoms with Gasteiger partial charge >= 0.3 is 0 Å². The van der Waals surface area contributed by atoms with Crippen LogP contribution in [0.2, 0.25) is 19.6 Å². The minimum absolute atomic E-state index is 0.202. The molecule has 2 aromatic rings. The van der Waals surface area contributed by atoms with Gasteiger partial charge in [-0.3, -0.25) is 4.79 Å². The zero-order chi connectivity index (χ0) is 20.6. The van der Waals surface area contributed by atoms with Gasteiger partial charge in [0.1, 0.15) is 0 Å². The highest BCUT2D eigenvalue weighted by Gasteiger charge is 2.35. The van der Waals surface area contributed by atoms with E-state index in [0.29, 0.717) is 18.0 Å². The number of nitrogens with zero attached hydrogens (tertiary/aromatic N) is 1. The first-order chi connectivity index (χ1) is 13.9. The van der Waals surface area contributed by atoms with Gasteiger partial charge in [-0.1, -0.05) is 43.9 Å². The van der Waals surface area contributed by atoms with Gasteiger partial charge in [0.2, 0.25) is 0 Å². The maximum atomic E-state index is 13.2. The third kappa shape index (κ3) is 4.32. The maximum absolute atomic E-state index is 13.2. The number of hydrogen-bond acceptors (Lipinski definition) is 3. The normalized spacial score (nSPS) is 20.0. The van der Waals surface area contributed by atoms with Crippen molar-refractivity contribution < 1.29 is 4.79 Å². The molecule has 4 rings (SSSR count). The van der Waals surface area contributed by atoms with Gasteiger partial charge in [-0.15, -0.1) is 11.8 Å². The van der Waals surface area contributed by atoms with Crippen LogP contribution in [0, 0.1) is 0 Å². The number of carbonyl (C=O) groups excluding carboxylic acids is 1. The molecular weight excluding hydrogens is 392 g/mol. The fourth-order valence-corrected chi connectivity index (χ4v) is 9.22. The van der Waals surface area contributed by atoms with E-state index in [1.165, 1.54) is 27.3 Å². The maximum Gasteiger partial charge on any atom is 0.253 e. The minimum Gasteiger partial charge on any atom is -0.339 e. The van der Waals surface area contributed by atoms with Crippen LogP contribution >= 0.6 is 11.8 Å². The van der Waals surface area contributed by atoms with Gasteiger partial charge in [0.25, 0.3) is 5.91 Å². The average molecular weight is 425 g/mol. The molecule has 154 valence electrons. The Morgan fingerprint density at radius 3 is 2.59 bits per heavy atom. The summed E-state index contributed by atoms with van der Waals surface area (Å²) in [6.07, 6.45) is 2.05. The molecule has 1 amide bonds. The first kappa shape index (κ1) is 20.7. The average Bonchev–Trinajstić information content (AvgIpc) is 3.17. The molecule has 1 unspecified atom stereocenters. The van der Waals surface area contributed by atoms with Gasteiger partial charge in [0, 0.05) is 35.8 Å². The number of amides is 1. The van der Waals surface area contributed by atoms with Gasteiger partial charge < -0.3 is 10.6 Å². The summed E-state index contributed by atoms with van der Waals surface area (Å²) in [5.74, 6) is 1.90. The summed E-state index contributed by atoms with van der Waals surface area (Å²) in [5.41, 5.74) is 11.3. The number of rotatable bonds is 4. The fourth-order valence-electron chi connectivity index (χ4n) is 4.64. The number of piperidine rings is 1. The van der Waals surface area contributed by atoms with E-state index in [1.807, 2.05) is 17.8 Å². The Hall–Kier alpha value is -1.56. The van der Waals surface area contributed by atoms with Crippen LogP contribution in [-0.2, 0) is 6.54 Å². The van der Waals surface area contributed by atoms with Crippen molar-refractivity contribution >= 4 is 25.7 Å². The Morgan fingerprint density at radius 1 is 1.14 bits per heavy atom. The lowest BCUT2D eigenvalue weighted by Gasteiger charge is -2.33. The standard InChI is InChI=1S/C24H32N2OSSi/c1-29(2,3)23-16-28-22-8-7-20(14-21(22)23)24(27)26-11-9-18(10-12-26)19-6-4-5-17(13-19)15-25/h4-8,13-14,18,23H,9-12,15-16,25H2,1-3H3. The summed E-state index contributed by atoms with van der Waals surface area (Å²) in [6, 6.07) is 15.1. The molecule has 3 nitrogen and oxygen atoms in total. The third-order valence-electron chi connectivity index (χ3n) is 6.52. The minimum atomic E-state index is -1.28. The van der Waals surface area contributed by atoms with Crippen molar-refractivity contribution in [2.24, 2.45) is 5.73 Å². The smallest absolute Gasteiger partial charge is 0.253 e. The largest absolute Gasteiger partial charge is 0.339 e. The molecule has 0 aromatic heterocycles. The highest BCUT2D eigenvalue weighted by atomic mass is 32.2. The molecule has 1 atom stereocenters. The highest BCUT2D eigenvalue weighted by Crippen LogP contribution is 2.44. The van der Waals surface area contributed by atoms with Crippen molar-refractivity contribution in [2.45, 2.75) is 55.4 Å². The highest BCUT2D eigenvalue weighted by molar-refractivity contribution is 7.99. The summed E-state index contributed by atoms with van der Waals surface area (Å²) >= 11 is 1.96.